The molecule has 0 radical (unpaired) electrons. The lowest BCUT2D eigenvalue weighted by atomic mass is 10.2. The molecule has 0 fully saturated rings. The summed E-state index contributed by atoms with van der Waals surface area (Å²) in [7, 11) is -4.03. The molecule has 1 aliphatic rings. The molecule has 1 unspecified atom stereocenters. The molecule has 3 aromatic rings. The summed E-state index contributed by atoms with van der Waals surface area (Å²) in [4.78, 5) is 24.9. The van der Waals surface area contributed by atoms with E-state index in [1.807, 2.05) is 12.1 Å². The quantitative estimate of drug-likeness (QED) is 0.467. The number of rotatable bonds is 6. The van der Waals surface area contributed by atoms with Gasteiger partial charge in [0.1, 0.15) is 4.90 Å². The zero-order valence-corrected chi connectivity index (χ0v) is 20.3. The van der Waals surface area contributed by atoms with Gasteiger partial charge in [0.05, 0.1) is 16.3 Å². The van der Waals surface area contributed by atoms with Gasteiger partial charge < -0.3 is 10.1 Å². The monoisotopic (exact) mass is 518 g/mol. The van der Waals surface area contributed by atoms with Crippen LogP contribution in [0.3, 0.4) is 0 Å². The summed E-state index contributed by atoms with van der Waals surface area (Å²) in [6.45, 7) is 1.68. The first-order valence-corrected chi connectivity index (χ1v) is 12.5. The number of sulfonamides is 1. The third-order valence-electron chi connectivity index (χ3n) is 5.32. The van der Waals surface area contributed by atoms with Gasteiger partial charge in [-0.1, -0.05) is 47.5 Å². The summed E-state index contributed by atoms with van der Waals surface area (Å²) in [6.07, 6.45) is -0.568. The molecule has 1 amide bonds. The zero-order valence-electron chi connectivity index (χ0n) is 18.0. The molecule has 176 valence electrons. The number of esters is 1. The molecule has 1 aliphatic heterocycles. The Hall–Kier alpha value is -3.07. The normalized spacial score (nSPS) is 13.8. The molecule has 1 heterocycles. The average molecular weight is 519 g/mol. The van der Waals surface area contributed by atoms with E-state index >= 15 is 0 Å². The van der Waals surface area contributed by atoms with Crippen LogP contribution in [0.2, 0.25) is 10.0 Å². The van der Waals surface area contributed by atoms with Crippen molar-refractivity contribution >= 4 is 56.5 Å². The Bertz CT molecular complexity index is 1380. The third-order valence-corrected chi connectivity index (χ3v) is 7.85. The Morgan fingerprint density at radius 3 is 2.56 bits per heavy atom. The fourth-order valence-corrected chi connectivity index (χ4v) is 5.79. The number of para-hydroxylation sites is 1. The van der Waals surface area contributed by atoms with Crippen LogP contribution in [-0.4, -0.2) is 32.9 Å². The average Bonchev–Trinajstić information content (AvgIpc) is 3.24. The van der Waals surface area contributed by atoms with E-state index in [0.29, 0.717) is 22.8 Å². The SMILES string of the molecule is CC(OC(=O)c1ccc(Cl)c(S(=O)(=O)N2CCc3ccccc32)c1)C(=O)Nc1cccc(Cl)c1. The lowest BCUT2D eigenvalue weighted by molar-refractivity contribution is -0.123. The van der Waals surface area contributed by atoms with Crippen LogP contribution in [0, 0.1) is 0 Å². The fourth-order valence-electron chi connectivity index (χ4n) is 3.60. The van der Waals surface area contributed by atoms with Crippen molar-refractivity contribution < 1.29 is 22.7 Å². The molecule has 0 saturated carbocycles. The molecule has 4 rings (SSSR count). The fraction of sp³-hybridized carbons (Fsp3) is 0.167. The predicted octanol–water partition coefficient (Wildman–Crippen LogP) is 4.93. The van der Waals surface area contributed by atoms with Crippen molar-refractivity contribution in [1.29, 1.82) is 0 Å². The van der Waals surface area contributed by atoms with Gasteiger partial charge in [0.2, 0.25) is 0 Å². The zero-order chi connectivity index (χ0) is 24.5. The van der Waals surface area contributed by atoms with E-state index in [4.69, 9.17) is 27.9 Å². The van der Waals surface area contributed by atoms with Crippen molar-refractivity contribution in [1.82, 2.24) is 0 Å². The van der Waals surface area contributed by atoms with Crippen molar-refractivity contribution in [2.45, 2.75) is 24.3 Å². The Balaban J connectivity index is 1.52. The molecule has 7 nitrogen and oxygen atoms in total. The van der Waals surface area contributed by atoms with Crippen LogP contribution in [0.1, 0.15) is 22.8 Å². The molecule has 0 aliphatic carbocycles. The highest BCUT2D eigenvalue weighted by molar-refractivity contribution is 7.93. The van der Waals surface area contributed by atoms with Crippen LogP contribution < -0.4 is 9.62 Å². The summed E-state index contributed by atoms with van der Waals surface area (Å²) in [5.41, 5.74) is 1.90. The van der Waals surface area contributed by atoms with Crippen LogP contribution >= 0.6 is 23.2 Å². The highest BCUT2D eigenvalue weighted by atomic mass is 35.5. The van der Waals surface area contributed by atoms with Gasteiger partial charge in [-0.05, 0) is 61.4 Å². The number of amides is 1. The molecule has 0 aromatic heterocycles. The van der Waals surface area contributed by atoms with E-state index in [-0.39, 0.29) is 22.0 Å². The van der Waals surface area contributed by atoms with Gasteiger partial charge in [-0.15, -0.1) is 0 Å². The lowest BCUT2D eigenvalue weighted by Gasteiger charge is -2.21. The van der Waals surface area contributed by atoms with Crippen molar-refractivity contribution in [2.75, 3.05) is 16.2 Å². The second-order valence-corrected chi connectivity index (χ2v) is 10.3. The summed E-state index contributed by atoms with van der Waals surface area (Å²) in [5, 5.41) is 3.03. The number of nitrogens with one attached hydrogen (secondary N) is 1. The van der Waals surface area contributed by atoms with Crippen molar-refractivity contribution in [3.05, 3.63) is 87.9 Å². The van der Waals surface area contributed by atoms with E-state index in [1.54, 1.807) is 36.4 Å². The van der Waals surface area contributed by atoms with Gasteiger partial charge in [-0.25, -0.2) is 13.2 Å². The molecule has 0 bridgehead atoms. The number of halogens is 2. The first kappa shape index (κ1) is 24.1. The molecule has 10 heteroatoms. The number of carbonyl (C=O) groups is 2. The number of anilines is 2. The van der Waals surface area contributed by atoms with Gasteiger partial charge in [-0.3, -0.25) is 9.10 Å². The second kappa shape index (κ2) is 9.66. The van der Waals surface area contributed by atoms with E-state index in [1.165, 1.54) is 29.4 Å². The van der Waals surface area contributed by atoms with E-state index in [0.717, 1.165) is 5.56 Å². The first-order valence-electron chi connectivity index (χ1n) is 10.3. The Kier molecular flexibility index (Phi) is 6.84. The lowest BCUT2D eigenvalue weighted by Crippen LogP contribution is -2.31. The van der Waals surface area contributed by atoms with Gasteiger partial charge in [0, 0.05) is 17.3 Å². The molecule has 0 saturated heterocycles. The second-order valence-electron chi connectivity index (χ2n) is 7.65. The number of ether oxygens (including phenoxy) is 1. The van der Waals surface area contributed by atoms with Crippen molar-refractivity contribution in [3.63, 3.8) is 0 Å². The maximum absolute atomic E-state index is 13.4. The van der Waals surface area contributed by atoms with Crippen LogP contribution in [0.5, 0.6) is 0 Å². The van der Waals surface area contributed by atoms with Crippen molar-refractivity contribution in [3.8, 4) is 0 Å². The van der Waals surface area contributed by atoms with Gasteiger partial charge in [-0.2, -0.15) is 0 Å². The molecular weight excluding hydrogens is 499 g/mol. The predicted molar refractivity (Wildman–Crippen MR) is 131 cm³/mol. The first-order chi connectivity index (χ1) is 16.2. The van der Waals surface area contributed by atoms with E-state index < -0.39 is 28.0 Å². The Labute approximate surface area is 207 Å². The number of hydrogen-bond donors (Lipinski definition) is 1. The Morgan fingerprint density at radius 2 is 1.79 bits per heavy atom. The van der Waals surface area contributed by atoms with E-state index in [2.05, 4.69) is 5.32 Å². The number of nitrogens with zero attached hydrogens (tertiary/aromatic N) is 1. The number of hydrogen-bond acceptors (Lipinski definition) is 5. The van der Waals surface area contributed by atoms with Crippen LogP contribution in [0.25, 0.3) is 0 Å². The van der Waals surface area contributed by atoms with Gasteiger partial charge >= 0.3 is 5.97 Å². The largest absolute Gasteiger partial charge is 0.449 e. The molecule has 34 heavy (non-hydrogen) atoms. The Morgan fingerprint density at radius 1 is 1.03 bits per heavy atom. The number of fused-ring (bicyclic) bond motifs is 1. The highest BCUT2D eigenvalue weighted by Crippen LogP contribution is 2.35. The molecule has 1 atom stereocenters. The minimum atomic E-state index is -4.03. The molecule has 1 N–H and O–H groups in total. The molecule has 0 spiro atoms. The van der Waals surface area contributed by atoms with Gasteiger partial charge in [0.15, 0.2) is 6.10 Å². The smallest absolute Gasteiger partial charge is 0.338 e. The maximum atomic E-state index is 13.4. The van der Waals surface area contributed by atoms with E-state index in [9.17, 15) is 18.0 Å². The van der Waals surface area contributed by atoms with Crippen LogP contribution in [0.4, 0.5) is 11.4 Å². The summed E-state index contributed by atoms with van der Waals surface area (Å²) in [6, 6.07) is 17.6. The summed E-state index contributed by atoms with van der Waals surface area (Å²) >= 11 is 12.1. The highest BCUT2D eigenvalue weighted by Gasteiger charge is 2.33. The minimum Gasteiger partial charge on any atom is -0.449 e. The van der Waals surface area contributed by atoms with Crippen molar-refractivity contribution in [2.24, 2.45) is 0 Å². The maximum Gasteiger partial charge on any atom is 0.338 e. The number of carbonyl (C=O) groups excluding carboxylic acids is 2. The topological polar surface area (TPSA) is 92.8 Å². The van der Waals surface area contributed by atoms with Gasteiger partial charge in [0.25, 0.3) is 15.9 Å². The van der Waals surface area contributed by atoms with Crippen LogP contribution in [-0.2, 0) is 26.0 Å². The minimum absolute atomic E-state index is 0.0207. The third kappa shape index (κ3) is 4.89. The standard InChI is InChI=1S/C24H20Cl2N2O5S/c1-15(23(29)27-19-7-4-6-18(25)14-19)33-24(30)17-9-10-20(26)22(13-17)34(31,32)28-12-11-16-5-2-3-8-21(16)28/h2-10,13-15H,11-12H2,1H3,(H,27,29). The number of benzene rings is 3. The molecular formula is C24H20Cl2N2O5S. The van der Waals surface area contributed by atoms with Crippen LogP contribution in [0.15, 0.2) is 71.6 Å². The summed E-state index contributed by atoms with van der Waals surface area (Å²) in [5.74, 6) is -1.42. The molecule has 3 aromatic carbocycles. The summed E-state index contributed by atoms with van der Waals surface area (Å²) < 4.78 is 33.3.